The Balaban J connectivity index is 1.89. The number of ether oxygens (including phenoxy) is 1. The lowest BCUT2D eigenvalue weighted by molar-refractivity contribution is -0.117. The van der Waals surface area contributed by atoms with E-state index < -0.39 is 0 Å². The Morgan fingerprint density at radius 1 is 1.52 bits per heavy atom. The van der Waals surface area contributed by atoms with Crippen molar-refractivity contribution in [3.05, 3.63) is 18.2 Å². The number of nitrogen functional groups attached to an aromatic ring is 1. The van der Waals surface area contributed by atoms with Crippen molar-refractivity contribution in [2.75, 3.05) is 37.8 Å². The van der Waals surface area contributed by atoms with Gasteiger partial charge in [0.05, 0.1) is 25.0 Å². The van der Waals surface area contributed by atoms with Crippen LogP contribution in [0, 0.1) is 5.92 Å². The van der Waals surface area contributed by atoms with Crippen LogP contribution in [-0.4, -0.2) is 37.6 Å². The molecule has 1 unspecified atom stereocenters. The molecule has 1 aliphatic rings. The van der Waals surface area contributed by atoms with Crippen molar-refractivity contribution < 1.29 is 9.53 Å². The van der Waals surface area contributed by atoms with Gasteiger partial charge in [0.1, 0.15) is 5.75 Å². The second-order valence-electron chi connectivity index (χ2n) is 5.65. The number of carbonyl (C=O) groups excluding carboxylic acids is 1. The van der Waals surface area contributed by atoms with Crippen molar-refractivity contribution in [1.82, 2.24) is 4.90 Å². The number of benzene rings is 1. The largest absolute Gasteiger partial charge is 0.497 e. The minimum Gasteiger partial charge on any atom is -0.497 e. The van der Waals surface area contributed by atoms with E-state index in [2.05, 4.69) is 17.1 Å². The molecular weight excluding hydrogens is 266 g/mol. The first kappa shape index (κ1) is 15.6. The minimum absolute atomic E-state index is 0.0105. The molecule has 1 aromatic rings. The first-order valence-electron chi connectivity index (χ1n) is 7.58. The summed E-state index contributed by atoms with van der Waals surface area (Å²) in [7, 11) is 1.59. The van der Waals surface area contributed by atoms with Gasteiger partial charge >= 0.3 is 0 Å². The van der Waals surface area contributed by atoms with Crippen molar-refractivity contribution in [2.24, 2.45) is 5.92 Å². The molecule has 1 fully saturated rings. The molecule has 5 heteroatoms. The SMILES string of the molecule is CCC1CCCN(CC(=O)Nc2ccc(OC)cc2N)C1. The molecule has 3 N–H and O–H groups in total. The Labute approximate surface area is 126 Å². The second-order valence-corrected chi connectivity index (χ2v) is 5.65. The first-order valence-corrected chi connectivity index (χ1v) is 7.58. The number of piperidine rings is 1. The molecular formula is C16H25N3O2. The summed E-state index contributed by atoms with van der Waals surface area (Å²) in [6, 6.07) is 5.28. The zero-order valence-electron chi connectivity index (χ0n) is 12.9. The van der Waals surface area contributed by atoms with E-state index in [-0.39, 0.29) is 5.91 Å². The molecule has 0 aliphatic carbocycles. The number of nitrogens with two attached hydrogens (primary N) is 1. The van der Waals surface area contributed by atoms with Crippen LogP contribution in [0.3, 0.4) is 0 Å². The van der Waals surface area contributed by atoms with Crippen LogP contribution in [0.4, 0.5) is 11.4 Å². The fourth-order valence-corrected chi connectivity index (χ4v) is 2.80. The maximum atomic E-state index is 12.1. The highest BCUT2D eigenvalue weighted by Gasteiger charge is 2.20. The van der Waals surface area contributed by atoms with Gasteiger partial charge in [-0.3, -0.25) is 9.69 Å². The van der Waals surface area contributed by atoms with Crippen LogP contribution in [0.1, 0.15) is 26.2 Å². The van der Waals surface area contributed by atoms with Gasteiger partial charge in [0.2, 0.25) is 5.91 Å². The highest BCUT2D eigenvalue weighted by Crippen LogP contribution is 2.24. The monoisotopic (exact) mass is 291 g/mol. The van der Waals surface area contributed by atoms with Gasteiger partial charge in [0.15, 0.2) is 0 Å². The summed E-state index contributed by atoms with van der Waals surface area (Å²) in [5, 5.41) is 2.88. The van der Waals surface area contributed by atoms with Gasteiger partial charge in [0.25, 0.3) is 0 Å². The fraction of sp³-hybridized carbons (Fsp3) is 0.562. The van der Waals surface area contributed by atoms with E-state index in [1.807, 2.05) is 0 Å². The summed E-state index contributed by atoms with van der Waals surface area (Å²) in [5.41, 5.74) is 7.08. The molecule has 0 bridgehead atoms. The molecule has 5 nitrogen and oxygen atoms in total. The van der Waals surface area contributed by atoms with Crippen LogP contribution >= 0.6 is 0 Å². The quantitative estimate of drug-likeness (QED) is 0.817. The Kier molecular flexibility index (Phi) is 5.44. The van der Waals surface area contributed by atoms with E-state index in [9.17, 15) is 4.79 Å². The highest BCUT2D eigenvalue weighted by molar-refractivity contribution is 5.95. The van der Waals surface area contributed by atoms with Gasteiger partial charge in [-0.2, -0.15) is 0 Å². The van der Waals surface area contributed by atoms with Gasteiger partial charge in [-0.05, 0) is 37.4 Å². The van der Waals surface area contributed by atoms with Crippen molar-refractivity contribution in [2.45, 2.75) is 26.2 Å². The first-order chi connectivity index (χ1) is 10.1. The molecule has 116 valence electrons. The van der Waals surface area contributed by atoms with E-state index in [0.717, 1.165) is 19.0 Å². The van der Waals surface area contributed by atoms with Crippen LogP contribution in [-0.2, 0) is 4.79 Å². The molecule has 1 aliphatic heterocycles. The second kappa shape index (κ2) is 7.31. The predicted molar refractivity (Wildman–Crippen MR) is 85.5 cm³/mol. The third kappa shape index (κ3) is 4.36. The smallest absolute Gasteiger partial charge is 0.238 e. The van der Waals surface area contributed by atoms with Crippen LogP contribution in [0.5, 0.6) is 5.75 Å². The number of carbonyl (C=O) groups is 1. The van der Waals surface area contributed by atoms with Crippen molar-refractivity contribution in [3.8, 4) is 5.75 Å². The Morgan fingerprint density at radius 3 is 3.00 bits per heavy atom. The molecule has 2 rings (SSSR count). The Morgan fingerprint density at radius 2 is 2.33 bits per heavy atom. The zero-order valence-corrected chi connectivity index (χ0v) is 12.9. The number of hydrogen-bond acceptors (Lipinski definition) is 4. The van der Waals surface area contributed by atoms with E-state index in [4.69, 9.17) is 10.5 Å². The zero-order chi connectivity index (χ0) is 15.2. The third-order valence-corrected chi connectivity index (χ3v) is 4.08. The summed E-state index contributed by atoms with van der Waals surface area (Å²) in [6.45, 7) is 4.66. The number of amides is 1. The number of nitrogens with zero attached hydrogens (tertiary/aromatic N) is 1. The van der Waals surface area contributed by atoms with Crippen LogP contribution in [0.25, 0.3) is 0 Å². The van der Waals surface area contributed by atoms with E-state index in [1.165, 1.54) is 19.3 Å². The average molecular weight is 291 g/mol. The minimum atomic E-state index is -0.0105. The summed E-state index contributed by atoms with van der Waals surface area (Å²) in [5.74, 6) is 1.40. The maximum absolute atomic E-state index is 12.1. The molecule has 21 heavy (non-hydrogen) atoms. The van der Waals surface area contributed by atoms with Gasteiger partial charge < -0.3 is 15.8 Å². The molecule has 1 amide bonds. The van der Waals surface area contributed by atoms with Crippen LogP contribution in [0.2, 0.25) is 0 Å². The molecule has 0 aromatic heterocycles. The standard InChI is InChI=1S/C16H25N3O2/c1-3-12-5-4-8-19(10-12)11-16(20)18-15-7-6-13(21-2)9-14(15)17/h6-7,9,12H,3-5,8,10-11,17H2,1-2H3,(H,18,20). The number of anilines is 2. The third-order valence-electron chi connectivity index (χ3n) is 4.08. The van der Waals surface area contributed by atoms with Crippen molar-refractivity contribution >= 4 is 17.3 Å². The lowest BCUT2D eigenvalue weighted by Crippen LogP contribution is -2.40. The van der Waals surface area contributed by atoms with Crippen molar-refractivity contribution in [3.63, 3.8) is 0 Å². The van der Waals surface area contributed by atoms with Crippen LogP contribution < -0.4 is 15.8 Å². The molecule has 0 saturated carbocycles. The van der Waals surface area contributed by atoms with Gasteiger partial charge in [-0.15, -0.1) is 0 Å². The number of nitrogens with one attached hydrogen (secondary N) is 1. The highest BCUT2D eigenvalue weighted by atomic mass is 16.5. The van der Waals surface area contributed by atoms with E-state index >= 15 is 0 Å². The summed E-state index contributed by atoms with van der Waals surface area (Å²) in [6.07, 6.45) is 3.64. The summed E-state index contributed by atoms with van der Waals surface area (Å²) in [4.78, 5) is 14.4. The van der Waals surface area contributed by atoms with Crippen molar-refractivity contribution in [1.29, 1.82) is 0 Å². The number of methoxy groups -OCH3 is 1. The summed E-state index contributed by atoms with van der Waals surface area (Å²) < 4.78 is 5.10. The normalized spacial score (nSPS) is 19.2. The maximum Gasteiger partial charge on any atom is 0.238 e. The van der Waals surface area contributed by atoms with Gasteiger partial charge in [-0.1, -0.05) is 13.3 Å². The number of likely N-dealkylation sites (tertiary alicyclic amines) is 1. The lowest BCUT2D eigenvalue weighted by Gasteiger charge is -2.31. The number of rotatable bonds is 5. The molecule has 0 radical (unpaired) electrons. The molecule has 1 saturated heterocycles. The topological polar surface area (TPSA) is 67.6 Å². The Bertz CT molecular complexity index is 490. The average Bonchev–Trinajstić information content (AvgIpc) is 2.49. The van der Waals surface area contributed by atoms with E-state index in [1.54, 1.807) is 25.3 Å². The van der Waals surface area contributed by atoms with Gasteiger partial charge in [-0.25, -0.2) is 0 Å². The number of hydrogen-bond donors (Lipinski definition) is 2. The molecule has 0 spiro atoms. The fourth-order valence-electron chi connectivity index (χ4n) is 2.80. The molecule has 1 atom stereocenters. The molecule has 1 aromatic carbocycles. The molecule has 1 heterocycles. The van der Waals surface area contributed by atoms with Crippen LogP contribution in [0.15, 0.2) is 18.2 Å². The Hall–Kier alpha value is -1.75. The van der Waals surface area contributed by atoms with Gasteiger partial charge in [0, 0.05) is 12.6 Å². The summed E-state index contributed by atoms with van der Waals surface area (Å²) >= 11 is 0. The van der Waals surface area contributed by atoms with E-state index in [0.29, 0.717) is 23.7 Å². The predicted octanol–water partition coefficient (Wildman–Crippen LogP) is 2.34. The lowest BCUT2D eigenvalue weighted by atomic mass is 9.96.